The standard InChI is InChI=1S/C11H15NS/c1-2-9-3-5-10(6-4-9)12-11-7-13-8-11/h3-6,11-12H,2,7-8H2,1H3. The number of nitrogens with one attached hydrogen (secondary N) is 1. The number of rotatable bonds is 3. The smallest absolute Gasteiger partial charge is 0.0442 e. The minimum Gasteiger partial charge on any atom is -0.381 e. The number of anilines is 1. The van der Waals surface area contributed by atoms with Crippen LogP contribution in [0.2, 0.25) is 0 Å². The van der Waals surface area contributed by atoms with E-state index in [2.05, 4.69) is 36.5 Å². The van der Waals surface area contributed by atoms with Gasteiger partial charge in [-0.3, -0.25) is 0 Å². The van der Waals surface area contributed by atoms with Crippen LogP contribution in [-0.2, 0) is 6.42 Å². The topological polar surface area (TPSA) is 12.0 Å². The van der Waals surface area contributed by atoms with Crippen LogP contribution < -0.4 is 5.32 Å². The maximum Gasteiger partial charge on any atom is 0.0442 e. The Morgan fingerprint density at radius 2 is 2.00 bits per heavy atom. The van der Waals surface area contributed by atoms with Crippen molar-refractivity contribution in [3.63, 3.8) is 0 Å². The summed E-state index contributed by atoms with van der Waals surface area (Å²) in [6.07, 6.45) is 1.12. The third kappa shape index (κ3) is 2.19. The van der Waals surface area contributed by atoms with Crippen LogP contribution in [0.4, 0.5) is 5.69 Å². The van der Waals surface area contributed by atoms with Crippen LogP contribution in [-0.4, -0.2) is 17.5 Å². The van der Waals surface area contributed by atoms with Gasteiger partial charge in [0, 0.05) is 23.2 Å². The SMILES string of the molecule is CCc1ccc(NC2CSC2)cc1. The van der Waals surface area contributed by atoms with E-state index in [9.17, 15) is 0 Å². The summed E-state index contributed by atoms with van der Waals surface area (Å²) in [7, 11) is 0. The van der Waals surface area contributed by atoms with E-state index in [1.54, 1.807) is 0 Å². The van der Waals surface area contributed by atoms with Crippen LogP contribution in [0, 0.1) is 0 Å². The molecule has 1 aliphatic rings. The van der Waals surface area contributed by atoms with E-state index in [-0.39, 0.29) is 0 Å². The van der Waals surface area contributed by atoms with Gasteiger partial charge < -0.3 is 5.32 Å². The fourth-order valence-electron chi connectivity index (χ4n) is 1.39. The molecule has 0 atom stereocenters. The van der Waals surface area contributed by atoms with E-state index in [0.717, 1.165) is 6.42 Å². The summed E-state index contributed by atoms with van der Waals surface area (Å²) in [5, 5.41) is 3.51. The molecule has 0 amide bonds. The van der Waals surface area contributed by atoms with Gasteiger partial charge in [0.15, 0.2) is 0 Å². The van der Waals surface area contributed by atoms with E-state index < -0.39 is 0 Å². The van der Waals surface area contributed by atoms with Crippen molar-refractivity contribution in [3.8, 4) is 0 Å². The zero-order chi connectivity index (χ0) is 9.10. The van der Waals surface area contributed by atoms with E-state index in [4.69, 9.17) is 0 Å². The lowest BCUT2D eigenvalue weighted by Gasteiger charge is -2.26. The molecular weight excluding hydrogens is 178 g/mol. The minimum absolute atomic E-state index is 0.706. The highest BCUT2D eigenvalue weighted by molar-refractivity contribution is 8.00. The van der Waals surface area contributed by atoms with Gasteiger partial charge in [0.05, 0.1) is 0 Å². The van der Waals surface area contributed by atoms with Gasteiger partial charge in [-0.2, -0.15) is 11.8 Å². The third-order valence-corrected chi connectivity index (χ3v) is 3.65. The number of aryl methyl sites for hydroxylation is 1. The molecule has 70 valence electrons. The molecule has 2 rings (SSSR count). The summed E-state index contributed by atoms with van der Waals surface area (Å²) in [6, 6.07) is 9.48. The highest BCUT2D eigenvalue weighted by atomic mass is 32.2. The molecule has 0 saturated carbocycles. The molecule has 0 spiro atoms. The Kier molecular flexibility index (Phi) is 2.79. The lowest BCUT2D eigenvalue weighted by atomic mass is 10.1. The largest absolute Gasteiger partial charge is 0.381 e. The van der Waals surface area contributed by atoms with E-state index in [1.165, 1.54) is 22.8 Å². The number of hydrogen-bond donors (Lipinski definition) is 1. The summed E-state index contributed by atoms with van der Waals surface area (Å²) in [6.45, 7) is 2.19. The third-order valence-electron chi connectivity index (χ3n) is 2.37. The summed E-state index contributed by atoms with van der Waals surface area (Å²) in [5.74, 6) is 2.52. The molecule has 1 nitrogen and oxygen atoms in total. The van der Waals surface area contributed by atoms with Crippen molar-refractivity contribution < 1.29 is 0 Å². The molecule has 0 aromatic heterocycles. The Morgan fingerprint density at radius 1 is 1.31 bits per heavy atom. The van der Waals surface area contributed by atoms with Crippen molar-refractivity contribution in [3.05, 3.63) is 29.8 Å². The molecule has 13 heavy (non-hydrogen) atoms. The molecule has 1 aromatic carbocycles. The molecule has 0 unspecified atom stereocenters. The van der Waals surface area contributed by atoms with E-state index in [0.29, 0.717) is 6.04 Å². The van der Waals surface area contributed by atoms with Gasteiger partial charge in [0.2, 0.25) is 0 Å². The molecule has 1 saturated heterocycles. The van der Waals surface area contributed by atoms with E-state index >= 15 is 0 Å². The predicted molar refractivity (Wildman–Crippen MR) is 60.6 cm³/mol. The lowest BCUT2D eigenvalue weighted by molar-refractivity contribution is 0.882. The van der Waals surface area contributed by atoms with Crippen LogP contribution in [0.15, 0.2) is 24.3 Å². The normalized spacial score (nSPS) is 16.7. The first kappa shape index (κ1) is 8.95. The first-order valence-corrected chi connectivity index (χ1v) is 5.97. The fourth-order valence-corrected chi connectivity index (χ4v) is 2.03. The van der Waals surface area contributed by atoms with Gasteiger partial charge in [-0.1, -0.05) is 19.1 Å². The molecule has 1 aliphatic heterocycles. The Bertz CT molecular complexity index is 264. The number of hydrogen-bond acceptors (Lipinski definition) is 2. The second kappa shape index (κ2) is 4.05. The molecule has 1 N–H and O–H groups in total. The van der Waals surface area contributed by atoms with Crippen molar-refractivity contribution in [1.29, 1.82) is 0 Å². The molecule has 1 aromatic rings. The van der Waals surface area contributed by atoms with Crippen LogP contribution in [0.5, 0.6) is 0 Å². The minimum atomic E-state index is 0.706. The highest BCUT2D eigenvalue weighted by Gasteiger charge is 2.16. The second-order valence-corrected chi connectivity index (χ2v) is 4.50. The van der Waals surface area contributed by atoms with Gasteiger partial charge in [-0.05, 0) is 24.1 Å². The quantitative estimate of drug-likeness (QED) is 0.792. The van der Waals surface area contributed by atoms with Gasteiger partial charge in [-0.15, -0.1) is 0 Å². The van der Waals surface area contributed by atoms with Crippen LogP contribution in [0.1, 0.15) is 12.5 Å². The molecule has 2 heteroatoms. The fraction of sp³-hybridized carbons (Fsp3) is 0.455. The Hall–Kier alpha value is -0.630. The first-order valence-electron chi connectivity index (χ1n) is 4.81. The molecular formula is C11H15NS. The van der Waals surface area contributed by atoms with Crippen molar-refractivity contribution in [1.82, 2.24) is 0 Å². The second-order valence-electron chi connectivity index (χ2n) is 3.43. The molecule has 0 bridgehead atoms. The average Bonchev–Trinajstić information content (AvgIpc) is 2.12. The Balaban J connectivity index is 1.96. The maximum atomic E-state index is 3.51. The number of thioether (sulfide) groups is 1. The van der Waals surface area contributed by atoms with Gasteiger partial charge in [0.1, 0.15) is 0 Å². The molecule has 0 aliphatic carbocycles. The average molecular weight is 193 g/mol. The lowest BCUT2D eigenvalue weighted by Crippen LogP contribution is -2.33. The number of benzene rings is 1. The van der Waals surface area contributed by atoms with Crippen molar-refractivity contribution >= 4 is 17.4 Å². The maximum absolute atomic E-state index is 3.51. The first-order chi connectivity index (χ1) is 6.38. The molecule has 1 fully saturated rings. The van der Waals surface area contributed by atoms with Crippen LogP contribution >= 0.6 is 11.8 Å². The Morgan fingerprint density at radius 3 is 2.46 bits per heavy atom. The molecule has 1 heterocycles. The zero-order valence-electron chi connectivity index (χ0n) is 7.92. The van der Waals surface area contributed by atoms with Crippen molar-refractivity contribution in [2.24, 2.45) is 0 Å². The van der Waals surface area contributed by atoms with Crippen molar-refractivity contribution in [2.75, 3.05) is 16.8 Å². The highest BCUT2D eigenvalue weighted by Crippen LogP contribution is 2.22. The summed E-state index contributed by atoms with van der Waals surface area (Å²) in [5.41, 5.74) is 2.68. The van der Waals surface area contributed by atoms with Gasteiger partial charge in [0.25, 0.3) is 0 Å². The molecule has 0 radical (unpaired) electrons. The van der Waals surface area contributed by atoms with Gasteiger partial charge in [-0.25, -0.2) is 0 Å². The summed E-state index contributed by atoms with van der Waals surface area (Å²) in [4.78, 5) is 0. The van der Waals surface area contributed by atoms with Gasteiger partial charge >= 0.3 is 0 Å². The monoisotopic (exact) mass is 193 g/mol. The van der Waals surface area contributed by atoms with Crippen LogP contribution in [0.25, 0.3) is 0 Å². The summed E-state index contributed by atoms with van der Waals surface area (Å²) < 4.78 is 0. The summed E-state index contributed by atoms with van der Waals surface area (Å²) >= 11 is 2.01. The van der Waals surface area contributed by atoms with Crippen LogP contribution in [0.3, 0.4) is 0 Å². The Labute approximate surface area is 83.9 Å². The predicted octanol–water partition coefficient (Wildman–Crippen LogP) is 2.78. The zero-order valence-corrected chi connectivity index (χ0v) is 8.73. The van der Waals surface area contributed by atoms with E-state index in [1.807, 2.05) is 11.8 Å². The van der Waals surface area contributed by atoms with Crippen molar-refractivity contribution in [2.45, 2.75) is 19.4 Å².